The predicted octanol–water partition coefficient (Wildman–Crippen LogP) is 3.09. The topological polar surface area (TPSA) is 72.4 Å². The van der Waals surface area contributed by atoms with Crippen LogP contribution in [0.5, 0.6) is 0 Å². The summed E-state index contributed by atoms with van der Waals surface area (Å²) in [6.45, 7) is 1.17. The fraction of sp³-hybridized carbons (Fsp3) is 0.211. The largest absolute Gasteiger partial charge is 0.465 e. The minimum absolute atomic E-state index is 0.0158. The first-order valence-corrected chi connectivity index (χ1v) is 8.13. The Morgan fingerprint density at radius 3 is 2.68 bits per heavy atom. The Kier molecular flexibility index (Phi) is 4.16. The molecule has 1 aliphatic heterocycles. The molecule has 1 fully saturated rings. The molecule has 0 bridgehead atoms. The van der Waals surface area contributed by atoms with Crippen LogP contribution in [0, 0.1) is 0 Å². The Balaban J connectivity index is 1.56. The summed E-state index contributed by atoms with van der Waals surface area (Å²) in [5.74, 6) is 1.39. The van der Waals surface area contributed by atoms with E-state index in [2.05, 4.69) is 22.3 Å². The van der Waals surface area contributed by atoms with Gasteiger partial charge in [0.05, 0.1) is 6.26 Å². The molecule has 3 heterocycles. The van der Waals surface area contributed by atoms with Gasteiger partial charge in [-0.15, -0.1) is 0 Å². The predicted molar refractivity (Wildman–Crippen MR) is 90.5 cm³/mol. The molecule has 2 atom stereocenters. The van der Waals surface area contributed by atoms with Crippen molar-refractivity contribution in [3.63, 3.8) is 0 Å². The van der Waals surface area contributed by atoms with Gasteiger partial charge in [-0.3, -0.25) is 4.79 Å². The first kappa shape index (κ1) is 15.4. The molecule has 6 nitrogen and oxygen atoms in total. The summed E-state index contributed by atoms with van der Waals surface area (Å²) in [6, 6.07) is 13.7. The standard InChI is InChI=1S/C19H17N3O3/c23-18(9-8-15-7-4-10-24-15)22-11-16(14-5-2-1-3-6-14)17(12-22)19-20-13-25-21-19/h1-10,13,16-17H,11-12H2. The fourth-order valence-corrected chi connectivity index (χ4v) is 3.27. The SMILES string of the molecule is O=C(C=Cc1ccco1)N1CC(c2ccccc2)C(c2ncon2)C1. The van der Waals surface area contributed by atoms with Gasteiger partial charge in [0, 0.05) is 31.0 Å². The lowest BCUT2D eigenvalue weighted by molar-refractivity contribution is -0.125. The molecule has 1 saturated heterocycles. The molecule has 6 heteroatoms. The number of benzene rings is 1. The van der Waals surface area contributed by atoms with E-state index in [1.54, 1.807) is 24.5 Å². The van der Waals surface area contributed by atoms with E-state index in [1.807, 2.05) is 29.2 Å². The number of nitrogens with zero attached hydrogens (tertiary/aromatic N) is 3. The van der Waals surface area contributed by atoms with Crippen LogP contribution in [-0.2, 0) is 4.79 Å². The summed E-state index contributed by atoms with van der Waals surface area (Å²) in [5, 5.41) is 4.00. The zero-order chi connectivity index (χ0) is 17.1. The third-order valence-electron chi connectivity index (χ3n) is 4.50. The summed E-state index contributed by atoms with van der Waals surface area (Å²) in [5.41, 5.74) is 1.17. The Morgan fingerprint density at radius 1 is 1.12 bits per heavy atom. The number of carbonyl (C=O) groups excluding carboxylic acids is 1. The lowest BCUT2D eigenvalue weighted by Crippen LogP contribution is -2.27. The number of rotatable bonds is 4. The monoisotopic (exact) mass is 335 g/mol. The molecule has 1 amide bonds. The van der Waals surface area contributed by atoms with E-state index in [4.69, 9.17) is 8.94 Å². The molecule has 4 rings (SSSR count). The summed E-state index contributed by atoms with van der Waals surface area (Å²) in [6.07, 6.45) is 6.14. The van der Waals surface area contributed by atoms with Crippen LogP contribution in [-0.4, -0.2) is 34.0 Å². The maximum atomic E-state index is 12.6. The molecule has 2 aromatic heterocycles. The summed E-state index contributed by atoms with van der Waals surface area (Å²) in [7, 11) is 0. The summed E-state index contributed by atoms with van der Waals surface area (Å²) < 4.78 is 10.1. The molecular formula is C19H17N3O3. The van der Waals surface area contributed by atoms with Gasteiger partial charge in [0.25, 0.3) is 0 Å². The minimum atomic E-state index is -0.0525. The maximum absolute atomic E-state index is 12.6. The zero-order valence-corrected chi connectivity index (χ0v) is 13.5. The lowest BCUT2D eigenvalue weighted by atomic mass is 9.88. The maximum Gasteiger partial charge on any atom is 0.246 e. The van der Waals surface area contributed by atoms with Gasteiger partial charge in [-0.2, -0.15) is 4.98 Å². The van der Waals surface area contributed by atoms with Crippen LogP contribution in [0.15, 0.2) is 70.1 Å². The average Bonchev–Trinajstić information content (AvgIpc) is 3.41. The number of furan rings is 1. The minimum Gasteiger partial charge on any atom is -0.465 e. The molecule has 0 N–H and O–H groups in total. The van der Waals surface area contributed by atoms with Gasteiger partial charge in [0.1, 0.15) is 5.76 Å². The molecule has 3 aromatic rings. The molecule has 25 heavy (non-hydrogen) atoms. The van der Waals surface area contributed by atoms with Crippen molar-refractivity contribution in [1.29, 1.82) is 0 Å². The summed E-state index contributed by atoms with van der Waals surface area (Å²) in [4.78, 5) is 18.6. The molecule has 1 aliphatic rings. The second-order valence-corrected chi connectivity index (χ2v) is 6.01. The van der Waals surface area contributed by atoms with E-state index in [0.29, 0.717) is 24.7 Å². The van der Waals surface area contributed by atoms with Crippen LogP contribution in [0.25, 0.3) is 6.08 Å². The van der Waals surface area contributed by atoms with Gasteiger partial charge in [-0.05, 0) is 23.8 Å². The number of amides is 1. The highest BCUT2D eigenvalue weighted by Gasteiger charge is 2.38. The second kappa shape index (κ2) is 6.76. The molecule has 2 unspecified atom stereocenters. The zero-order valence-electron chi connectivity index (χ0n) is 13.5. The Hall–Kier alpha value is -3.15. The van der Waals surface area contributed by atoms with Gasteiger partial charge in [-0.1, -0.05) is 35.5 Å². The Morgan fingerprint density at radius 2 is 1.96 bits per heavy atom. The second-order valence-electron chi connectivity index (χ2n) is 6.01. The van der Waals surface area contributed by atoms with Gasteiger partial charge in [0.2, 0.25) is 12.3 Å². The van der Waals surface area contributed by atoms with Crippen molar-refractivity contribution in [1.82, 2.24) is 15.0 Å². The normalized spacial score (nSPS) is 20.4. The van der Waals surface area contributed by atoms with Crippen LogP contribution in [0.4, 0.5) is 0 Å². The quantitative estimate of drug-likeness (QED) is 0.685. The van der Waals surface area contributed by atoms with E-state index in [-0.39, 0.29) is 17.7 Å². The Labute approximate surface area is 144 Å². The van der Waals surface area contributed by atoms with Crippen LogP contribution in [0.2, 0.25) is 0 Å². The van der Waals surface area contributed by atoms with Crippen LogP contribution in [0.1, 0.15) is 29.0 Å². The van der Waals surface area contributed by atoms with Crippen molar-refractivity contribution in [3.8, 4) is 0 Å². The van der Waals surface area contributed by atoms with Gasteiger partial charge in [0.15, 0.2) is 5.82 Å². The highest BCUT2D eigenvalue weighted by atomic mass is 16.5. The van der Waals surface area contributed by atoms with E-state index in [0.717, 1.165) is 0 Å². The molecule has 1 aromatic carbocycles. The first-order valence-electron chi connectivity index (χ1n) is 8.13. The first-order chi connectivity index (χ1) is 12.3. The van der Waals surface area contributed by atoms with Gasteiger partial charge >= 0.3 is 0 Å². The fourth-order valence-electron chi connectivity index (χ4n) is 3.27. The van der Waals surface area contributed by atoms with E-state index in [1.165, 1.54) is 12.0 Å². The van der Waals surface area contributed by atoms with Crippen molar-refractivity contribution in [2.75, 3.05) is 13.1 Å². The van der Waals surface area contributed by atoms with Crippen LogP contribution < -0.4 is 0 Å². The number of hydrogen-bond acceptors (Lipinski definition) is 5. The average molecular weight is 335 g/mol. The highest BCUT2D eigenvalue weighted by Crippen LogP contribution is 2.38. The van der Waals surface area contributed by atoms with E-state index in [9.17, 15) is 4.79 Å². The van der Waals surface area contributed by atoms with Crippen molar-refractivity contribution in [2.24, 2.45) is 0 Å². The molecule has 0 spiro atoms. The Bertz CT molecular complexity index is 841. The molecule has 126 valence electrons. The number of likely N-dealkylation sites (tertiary alicyclic amines) is 1. The van der Waals surface area contributed by atoms with E-state index < -0.39 is 0 Å². The molecule has 0 radical (unpaired) electrons. The van der Waals surface area contributed by atoms with Gasteiger partial charge < -0.3 is 13.8 Å². The molecule has 0 aliphatic carbocycles. The third kappa shape index (κ3) is 3.24. The van der Waals surface area contributed by atoms with Crippen LogP contribution in [0.3, 0.4) is 0 Å². The van der Waals surface area contributed by atoms with Gasteiger partial charge in [-0.25, -0.2) is 0 Å². The van der Waals surface area contributed by atoms with E-state index >= 15 is 0 Å². The van der Waals surface area contributed by atoms with Crippen molar-refractivity contribution in [3.05, 3.63) is 78.3 Å². The smallest absolute Gasteiger partial charge is 0.246 e. The van der Waals surface area contributed by atoms with Crippen LogP contribution >= 0.6 is 0 Å². The van der Waals surface area contributed by atoms with Crippen molar-refractivity contribution < 1.29 is 13.7 Å². The number of aromatic nitrogens is 2. The van der Waals surface area contributed by atoms with Crippen molar-refractivity contribution in [2.45, 2.75) is 11.8 Å². The number of hydrogen-bond donors (Lipinski definition) is 0. The summed E-state index contributed by atoms with van der Waals surface area (Å²) >= 11 is 0. The number of carbonyl (C=O) groups is 1. The third-order valence-corrected chi connectivity index (χ3v) is 4.50. The molecule has 0 saturated carbocycles. The molecular weight excluding hydrogens is 318 g/mol. The lowest BCUT2D eigenvalue weighted by Gasteiger charge is -2.15. The van der Waals surface area contributed by atoms with Crippen molar-refractivity contribution >= 4 is 12.0 Å². The highest BCUT2D eigenvalue weighted by molar-refractivity contribution is 5.91.